The maximum absolute atomic E-state index is 12.0. The number of rotatable bonds is 15. The van der Waals surface area contributed by atoms with Gasteiger partial charge in [0, 0.05) is 38.8 Å². The Morgan fingerprint density at radius 1 is 0.778 bits per heavy atom. The zero-order chi connectivity index (χ0) is 20.7. The molecule has 0 aromatic heterocycles. The molecule has 7 nitrogen and oxygen atoms in total. The lowest BCUT2D eigenvalue weighted by Crippen LogP contribution is -2.45. The van der Waals surface area contributed by atoms with Crippen molar-refractivity contribution in [2.75, 3.05) is 7.05 Å². The third kappa shape index (κ3) is 13.9. The second-order valence-electron chi connectivity index (χ2n) is 7.16. The van der Waals surface area contributed by atoms with E-state index in [4.69, 9.17) is 0 Å². The summed E-state index contributed by atoms with van der Waals surface area (Å²) >= 11 is 0. The fourth-order valence-corrected chi connectivity index (χ4v) is 2.70. The van der Waals surface area contributed by atoms with Crippen LogP contribution in [0.25, 0.3) is 0 Å². The summed E-state index contributed by atoms with van der Waals surface area (Å²) in [4.78, 5) is 46.8. The van der Waals surface area contributed by atoms with Crippen LogP contribution in [0.1, 0.15) is 85.0 Å². The molecule has 0 aliphatic rings. The highest BCUT2D eigenvalue weighted by molar-refractivity contribution is 5.87. The van der Waals surface area contributed by atoms with E-state index in [-0.39, 0.29) is 29.5 Å². The van der Waals surface area contributed by atoms with Gasteiger partial charge in [0.25, 0.3) is 0 Å². The molecule has 3 N–H and O–H groups in total. The quantitative estimate of drug-likeness (QED) is 0.377. The van der Waals surface area contributed by atoms with Gasteiger partial charge in [-0.1, -0.05) is 19.8 Å². The van der Waals surface area contributed by atoms with Crippen LogP contribution in [-0.2, 0) is 19.2 Å². The minimum Gasteiger partial charge on any atom is -0.357 e. The highest BCUT2D eigenvalue weighted by Gasteiger charge is 2.19. The van der Waals surface area contributed by atoms with Gasteiger partial charge in [0.1, 0.15) is 11.8 Å². The first kappa shape index (κ1) is 25.1. The van der Waals surface area contributed by atoms with Gasteiger partial charge in [-0.05, 0) is 39.5 Å². The molecular weight excluding hydrogens is 346 g/mol. The molecule has 7 heteroatoms. The number of hydrogen-bond acceptors (Lipinski definition) is 4. The summed E-state index contributed by atoms with van der Waals surface area (Å²) in [7, 11) is 1.55. The van der Waals surface area contributed by atoms with Crippen LogP contribution in [0.2, 0.25) is 0 Å². The normalized spacial score (nSPS) is 11.7. The van der Waals surface area contributed by atoms with E-state index in [0.717, 1.165) is 19.3 Å². The summed E-state index contributed by atoms with van der Waals surface area (Å²) in [5, 5.41) is 8.21. The second kappa shape index (κ2) is 15.2. The predicted octanol–water partition coefficient (Wildman–Crippen LogP) is 2.23. The molecule has 1 unspecified atom stereocenters. The molecule has 0 aromatic carbocycles. The van der Waals surface area contributed by atoms with Gasteiger partial charge in [-0.2, -0.15) is 0 Å². The number of unbranched alkanes of at least 4 members (excludes halogenated alkanes) is 3. The average Bonchev–Trinajstić information content (AvgIpc) is 2.62. The third-order valence-electron chi connectivity index (χ3n) is 4.25. The largest absolute Gasteiger partial charge is 0.357 e. The maximum Gasteiger partial charge on any atom is 0.242 e. The van der Waals surface area contributed by atoms with Gasteiger partial charge in [-0.15, -0.1) is 0 Å². The molecule has 27 heavy (non-hydrogen) atoms. The lowest BCUT2D eigenvalue weighted by molar-refractivity contribution is -0.129. The summed E-state index contributed by atoms with van der Waals surface area (Å²) in [5.41, 5.74) is 0. The minimum absolute atomic E-state index is 0.0442. The molecule has 0 heterocycles. The lowest BCUT2D eigenvalue weighted by Gasteiger charge is -2.17. The Bertz CT molecular complexity index is 478. The summed E-state index contributed by atoms with van der Waals surface area (Å²) in [6, 6.07) is -0.408. The molecule has 0 spiro atoms. The van der Waals surface area contributed by atoms with Crippen molar-refractivity contribution in [3.63, 3.8) is 0 Å². The molecular formula is C20H37N3O4. The van der Waals surface area contributed by atoms with Gasteiger partial charge in [-0.25, -0.2) is 0 Å². The average molecular weight is 384 g/mol. The fraction of sp³-hybridized carbons (Fsp3) is 0.800. The molecule has 1 atom stereocenters. The Hall–Kier alpha value is -1.92. The van der Waals surface area contributed by atoms with Crippen LogP contribution < -0.4 is 16.0 Å². The van der Waals surface area contributed by atoms with Crippen molar-refractivity contribution in [2.45, 2.75) is 97.1 Å². The highest BCUT2D eigenvalue weighted by atomic mass is 16.2. The number of hydrogen-bond donors (Lipinski definition) is 3. The SMILES string of the molecule is CCC(=O)CCCCC(=O)NC(CCCCCC(=O)NC(C)C)C(=O)NC. The monoisotopic (exact) mass is 383 g/mol. The van der Waals surface area contributed by atoms with Crippen LogP contribution in [-0.4, -0.2) is 42.6 Å². The fourth-order valence-electron chi connectivity index (χ4n) is 2.70. The van der Waals surface area contributed by atoms with E-state index in [2.05, 4.69) is 16.0 Å². The van der Waals surface area contributed by atoms with Crippen LogP contribution in [0.5, 0.6) is 0 Å². The first-order valence-corrected chi connectivity index (χ1v) is 10.1. The number of amides is 3. The van der Waals surface area contributed by atoms with Crippen molar-refractivity contribution in [1.29, 1.82) is 0 Å². The van der Waals surface area contributed by atoms with E-state index < -0.39 is 6.04 Å². The number of carbonyl (C=O) groups excluding carboxylic acids is 4. The second-order valence-corrected chi connectivity index (χ2v) is 7.16. The Labute approximate surface area is 163 Å². The van der Waals surface area contributed by atoms with Gasteiger partial charge in [0.15, 0.2) is 0 Å². The number of carbonyl (C=O) groups is 4. The summed E-state index contributed by atoms with van der Waals surface area (Å²) in [6.45, 7) is 5.69. The van der Waals surface area contributed by atoms with Crippen LogP contribution in [0.3, 0.4) is 0 Å². The van der Waals surface area contributed by atoms with Gasteiger partial charge in [0.05, 0.1) is 0 Å². The summed E-state index contributed by atoms with van der Waals surface area (Å²) < 4.78 is 0. The number of Topliss-reactive ketones (excluding diaryl/α,β-unsaturated/α-hetero) is 1. The topological polar surface area (TPSA) is 104 Å². The molecule has 0 bridgehead atoms. The maximum atomic E-state index is 12.0. The third-order valence-corrected chi connectivity index (χ3v) is 4.25. The smallest absolute Gasteiger partial charge is 0.242 e. The Kier molecular flexibility index (Phi) is 14.1. The molecule has 0 saturated carbocycles. The van der Waals surface area contributed by atoms with Crippen LogP contribution in [0.15, 0.2) is 0 Å². The number of nitrogens with one attached hydrogen (secondary N) is 3. The summed E-state index contributed by atoms with van der Waals surface area (Å²) in [6.07, 6.45) is 6.07. The van der Waals surface area contributed by atoms with E-state index in [9.17, 15) is 19.2 Å². The number of likely N-dealkylation sites (N-methyl/N-ethyl adjacent to an activating group) is 1. The molecule has 0 saturated heterocycles. The molecule has 0 aliphatic heterocycles. The van der Waals surface area contributed by atoms with Crippen LogP contribution in [0, 0.1) is 0 Å². The lowest BCUT2D eigenvalue weighted by atomic mass is 10.1. The number of ketones is 1. The van der Waals surface area contributed by atoms with Crippen molar-refractivity contribution in [3.05, 3.63) is 0 Å². The highest BCUT2D eigenvalue weighted by Crippen LogP contribution is 2.08. The standard InChI is InChI=1S/C20H37N3O4/c1-5-16(24)11-9-10-14-19(26)23-17(20(27)21-4)12-7-6-8-13-18(25)22-15(2)3/h15,17H,5-14H2,1-4H3,(H,21,27)(H,22,25)(H,23,26). The molecule has 0 aromatic rings. The van der Waals surface area contributed by atoms with E-state index in [1.54, 1.807) is 7.05 Å². The molecule has 0 radical (unpaired) electrons. The van der Waals surface area contributed by atoms with Crippen molar-refractivity contribution < 1.29 is 19.2 Å². The van der Waals surface area contributed by atoms with Crippen molar-refractivity contribution in [1.82, 2.24) is 16.0 Å². The Morgan fingerprint density at radius 3 is 1.89 bits per heavy atom. The van der Waals surface area contributed by atoms with Gasteiger partial charge in [-0.3, -0.25) is 19.2 Å². The van der Waals surface area contributed by atoms with E-state index in [1.165, 1.54) is 0 Å². The molecule has 0 rings (SSSR count). The van der Waals surface area contributed by atoms with Crippen LogP contribution >= 0.6 is 0 Å². The first-order chi connectivity index (χ1) is 12.8. The van der Waals surface area contributed by atoms with E-state index >= 15 is 0 Å². The Morgan fingerprint density at radius 2 is 1.33 bits per heavy atom. The predicted molar refractivity (Wildman–Crippen MR) is 106 cm³/mol. The van der Waals surface area contributed by atoms with Gasteiger partial charge in [0.2, 0.25) is 17.7 Å². The molecule has 3 amide bonds. The van der Waals surface area contributed by atoms with Crippen molar-refractivity contribution >= 4 is 23.5 Å². The van der Waals surface area contributed by atoms with Crippen molar-refractivity contribution in [2.24, 2.45) is 0 Å². The first-order valence-electron chi connectivity index (χ1n) is 10.1. The zero-order valence-electron chi connectivity index (χ0n) is 17.4. The van der Waals surface area contributed by atoms with Gasteiger partial charge >= 0.3 is 0 Å². The Balaban J connectivity index is 4.10. The van der Waals surface area contributed by atoms with Gasteiger partial charge < -0.3 is 16.0 Å². The van der Waals surface area contributed by atoms with E-state index in [0.29, 0.717) is 44.9 Å². The van der Waals surface area contributed by atoms with E-state index in [1.807, 2.05) is 20.8 Å². The molecule has 0 aliphatic carbocycles. The van der Waals surface area contributed by atoms with Crippen LogP contribution in [0.4, 0.5) is 0 Å². The van der Waals surface area contributed by atoms with Crippen molar-refractivity contribution in [3.8, 4) is 0 Å². The summed E-state index contributed by atoms with van der Waals surface area (Å²) in [5.74, 6) is -0.116. The minimum atomic E-state index is -0.552. The molecule has 156 valence electrons. The zero-order valence-corrected chi connectivity index (χ0v) is 17.4. The molecule has 0 fully saturated rings.